The van der Waals surface area contributed by atoms with Crippen LogP contribution in [-0.2, 0) is 0 Å². The van der Waals surface area contributed by atoms with Crippen molar-refractivity contribution in [3.63, 3.8) is 0 Å². The van der Waals surface area contributed by atoms with E-state index in [-0.39, 0.29) is 0 Å². The zero-order valence-electron chi connectivity index (χ0n) is 5.93. The Labute approximate surface area is 57.0 Å². The van der Waals surface area contributed by atoms with Gasteiger partial charge in [-0.25, -0.2) is 0 Å². The van der Waals surface area contributed by atoms with Crippen LogP contribution in [0.1, 0.15) is 26.2 Å². The minimum absolute atomic E-state index is 0.535. The van der Waals surface area contributed by atoms with Crippen molar-refractivity contribution in [2.75, 3.05) is 0 Å². The summed E-state index contributed by atoms with van der Waals surface area (Å²) >= 11 is 0. The van der Waals surface area contributed by atoms with Crippen LogP contribution in [0, 0.1) is 17.2 Å². The predicted octanol–water partition coefficient (Wildman–Crippen LogP) is 2.50. The van der Waals surface area contributed by atoms with E-state index in [1.165, 1.54) is 0 Å². The molecule has 0 radical (unpaired) electrons. The van der Waals surface area contributed by atoms with E-state index in [0.717, 1.165) is 12.8 Å². The van der Waals surface area contributed by atoms with Crippen LogP contribution in [0.5, 0.6) is 0 Å². The molecule has 0 aromatic carbocycles. The maximum absolute atomic E-state index is 8.26. The lowest BCUT2D eigenvalue weighted by molar-refractivity contribution is 0.552. The van der Waals surface area contributed by atoms with E-state index in [0.29, 0.717) is 12.3 Å². The second-order valence-corrected chi connectivity index (χ2v) is 2.33. The largest absolute Gasteiger partial charge is 0.198 e. The van der Waals surface area contributed by atoms with E-state index >= 15 is 0 Å². The number of nitrogens with zero attached hydrogens (tertiary/aromatic N) is 1. The van der Waals surface area contributed by atoms with E-state index in [1.807, 2.05) is 6.08 Å². The van der Waals surface area contributed by atoms with Crippen LogP contribution in [0.25, 0.3) is 0 Å². The SMILES string of the molecule is C=CCC[C@@H](C)CC#N. The Balaban J connectivity index is 3.17. The van der Waals surface area contributed by atoms with Gasteiger partial charge in [-0.3, -0.25) is 0 Å². The third kappa shape index (κ3) is 5.10. The second kappa shape index (κ2) is 5.37. The highest BCUT2D eigenvalue weighted by molar-refractivity contribution is 4.75. The van der Waals surface area contributed by atoms with E-state index in [4.69, 9.17) is 5.26 Å². The Bertz CT molecular complexity index is 110. The van der Waals surface area contributed by atoms with Crippen LogP contribution in [0.15, 0.2) is 12.7 Å². The summed E-state index contributed by atoms with van der Waals surface area (Å²) in [5, 5.41) is 8.26. The molecule has 0 rings (SSSR count). The van der Waals surface area contributed by atoms with Crippen molar-refractivity contribution in [1.29, 1.82) is 5.26 Å². The fraction of sp³-hybridized carbons (Fsp3) is 0.625. The van der Waals surface area contributed by atoms with Crippen molar-refractivity contribution in [1.82, 2.24) is 0 Å². The molecule has 0 spiro atoms. The summed E-state index contributed by atoms with van der Waals surface area (Å²) in [6.07, 6.45) is 4.70. The molecule has 0 aliphatic carbocycles. The molecule has 0 saturated carbocycles. The first kappa shape index (κ1) is 8.23. The standard InChI is InChI=1S/C8H13N/c1-3-4-5-8(2)6-7-9/h3,8H,1,4-6H2,2H3/t8-/m1/s1. The summed E-state index contributed by atoms with van der Waals surface area (Å²) in [4.78, 5) is 0. The third-order valence-electron chi connectivity index (χ3n) is 1.30. The van der Waals surface area contributed by atoms with Crippen molar-refractivity contribution in [3.8, 4) is 6.07 Å². The Hall–Kier alpha value is -0.770. The van der Waals surface area contributed by atoms with E-state index < -0.39 is 0 Å². The zero-order valence-corrected chi connectivity index (χ0v) is 5.93. The van der Waals surface area contributed by atoms with Gasteiger partial charge in [0, 0.05) is 6.42 Å². The summed E-state index contributed by atoms with van der Waals surface area (Å²) < 4.78 is 0. The highest BCUT2D eigenvalue weighted by Gasteiger charge is 1.97. The molecule has 0 aliphatic rings. The molecule has 1 heteroatoms. The Morgan fingerprint density at radius 2 is 2.44 bits per heavy atom. The smallest absolute Gasteiger partial charge is 0.0624 e. The van der Waals surface area contributed by atoms with Gasteiger partial charge in [0.25, 0.3) is 0 Å². The molecule has 0 bridgehead atoms. The van der Waals surface area contributed by atoms with E-state index in [1.54, 1.807) is 0 Å². The van der Waals surface area contributed by atoms with Gasteiger partial charge in [-0.15, -0.1) is 6.58 Å². The number of allylic oxidation sites excluding steroid dienone is 1. The van der Waals surface area contributed by atoms with Gasteiger partial charge < -0.3 is 0 Å². The molecular weight excluding hydrogens is 110 g/mol. The van der Waals surface area contributed by atoms with E-state index in [9.17, 15) is 0 Å². The van der Waals surface area contributed by atoms with Crippen molar-refractivity contribution in [2.24, 2.45) is 5.92 Å². The molecule has 0 aromatic heterocycles. The minimum atomic E-state index is 0.535. The summed E-state index contributed by atoms with van der Waals surface area (Å²) in [6, 6.07) is 2.14. The lowest BCUT2D eigenvalue weighted by Crippen LogP contribution is -1.90. The third-order valence-corrected chi connectivity index (χ3v) is 1.30. The average molecular weight is 123 g/mol. The minimum Gasteiger partial charge on any atom is -0.198 e. The average Bonchev–Trinajstić information content (AvgIpc) is 1.85. The van der Waals surface area contributed by atoms with Gasteiger partial charge in [0.2, 0.25) is 0 Å². The molecule has 0 fully saturated rings. The lowest BCUT2D eigenvalue weighted by atomic mass is 10.0. The van der Waals surface area contributed by atoms with Crippen LogP contribution in [-0.4, -0.2) is 0 Å². The summed E-state index contributed by atoms with van der Waals surface area (Å²) in [5.74, 6) is 0.535. The first-order chi connectivity index (χ1) is 4.31. The van der Waals surface area contributed by atoms with Gasteiger partial charge in [0.05, 0.1) is 6.07 Å². The van der Waals surface area contributed by atoms with Gasteiger partial charge in [-0.05, 0) is 18.8 Å². The molecule has 0 N–H and O–H groups in total. The topological polar surface area (TPSA) is 23.8 Å². The number of hydrogen-bond donors (Lipinski definition) is 0. The number of nitriles is 1. The molecule has 1 atom stereocenters. The lowest BCUT2D eigenvalue weighted by Gasteiger charge is -2.01. The normalized spacial score (nSPS) is 12.0. The maximum Gasteiger partial charge on any atom is 0.0624 e. The van der Waals surface area contributed by atoms with Crippen molar-refractivity contribution >= 4 is 0 Å². The summed E-state index contributed by atoms with van der Waals surface area (Å²) in [6.45, 7) is 5.70. The Morgan fingerprint density at radius 3 is 2.89 bits per heavy atom. The molecular formula is C8H13N. The summed E-state index contributed by atoms with van der Waals surface area (Å²) in [7, 11) is 0. The highest BCUT2D eigenvalue weighted by atomic mass is 14.2. The van der Waals surface area contributed by atoms with Gasteiger partial charge >= 0.3 is 0 Å². The monoisotopic (exact) mass is 123 g/mol. The van der Waals surface area contributed by atoms with Gasteiger partial charge in [0.15, 0.2) is 0 Å². The summed E-state index contributed by atoms with van der Waals surface area (Å²) in [5.41, 5.74) is 0. The molecule has 0 aromatic rings. The maximum atomic E-state index is 8.26. The fourth-order valence-corrected chi connectivity index (χ4v) is 0.660. The van der Waals surface area contributed by atoms with E-state index in [2.05, 4.69) is 19.6 Å². The Morgan fingerprint density at radius 1 is 1.78 bits per heavy atom. The predicted molar refractivity (Wildman–Crippen MR) is 38.8 cm³/mol. The van der Waals surface area contributed by atoms with Crippen LogP contribution >= 0.6 is 0 Å². The fourth-order valence-electron chi connectivity index (χ4n) is 0.660. The first-order valence-corrected chi connectivity index (χ1v) is 3.29. The van der Waals surface area contributed by atoms with Crippen molar-refractivity contribution < 1.29 is 0 Å². The van der Waals surface area contributed by atoms with Gasteiger partial charge in [-0.2, -0.15) is 5.26 Å². The molecule has 0 amide bonds. The zero-order chi connectivity index (χ0) is 7.11. The molecule has 0 heterocycles. The van der Waals surface area contributed by atoms with Crippen LogP contribution in [0.4, 0.5) is 0 Å². The molecule has 1 nitrogen and oxygen atoms in total. The van der Waals surface area contributed by atoms with Crippen LogP contribution in [0.2, 0.25) is 0 Å². The quantitative estimate of drug-likeness (QED) is 0.527. The van der Waals surface area contributed by atoms with Crippen molar-refractivity contribution in [3.05, 3.63) is 12.7 Å². The van der Waals surface area contributed by atoms with Gasteiger partial charge in [-0.1, -0.05) is 13.0 Å². The Kier molecular flexibility index (Phi) is 4.91. The molecule has 0 aliphatic heterocycles. The molecule has 0 saturated heterocycles. The number of rotatable bonds is 4. The molecule has 9 heavy (non-hydrogen) atoms. The second-order valence-electron chi connectivity index (χ2n) is 2.33. The number of hydrogen-bond acceptors (Lipinski definition) is 1. The van der Waals surface area contributed by atoms with Crippen molar-refractivity contribution in [2.45, 2.75) is 26.2 Å². The van der Waals surface area contributed by atoms with Gasteiger partial charge in [0.1, 0.15) is 0 Å². The van der Waals surface area contributed by atoms with Crippen LogP contribution in [0.3, 0.4) is 0 Å². The first-order valence-electron chi connectivity index (χ1n) is 3.29. The molecule has 0 unspecified atom stereocenters. The van der Waals surface area contributed by atoms with Crippen LogP contribution < -0.4 is 0 Å². The highest BCUT2D eigenvalue weighted by Crippen LogP contribution is 2.08. The molecule has 50 valence electrons.